The van der Waals surface area contributed by atoms with E-state index in [2.05, 4.69) is 18.2 Å². The first-order chi connectivity index (χ1) is 12.1. The monoisotopic (exact) mass is 346 g/mol. The molecule has 3 aromatic carbocycles. The summed E-state index contributed by atoms with van der Waals surface area (Å²) in [5.74, 6) is 0.898. The lowest BCUT2D eigenvalue weighted by molar-refractivity contribution is 0.104. The zero-order chi connectivity index (χ0) is 17.4. The maximum Gasteiger partial charge on any atom is 0.200 e. The first kappa shape index (κ1) is 16.0. The molecule has 0 fully saturated rings. The van der Waals surface area contributed by atoms with Crippen molar-refractivity contribution in [3.8, 4) is 5.75 Å². The molecule has 1 aliphatic rings. The van der Waals surface area contributed by atoms with Gasteiger partial charge in [0, 0.05) is 16.0 Å². The Bertz CT molecular complexity index is 1000. The van der Waals surface area contributed by atoms with Crippen molar-refractivity contribution < 1.29 is 9.53 Å². The van der Waals surface area contributed by atoms with Crippen LogP contribution in [0.2, 0.25) is 0 Å². The summed E-state index contributed by atoms with van der Waals surface area (Å²) in [5.41, 5.74) is 1.75. The van der Waals surface area contributed by atoms with Crippen LogP contribution in [-0.2, 0) is 0 Å². The lowest BCUT2D eigenvalue weighted by atomic mass is 10.0. The van der Waals surface area contributed by atoms with Crippen LogP contribution in [0.4, 0.5) is 0 Å². The predicted molar refractivity (Wildman–Crippen MR) is 104 cm³/mol. The van der Waals surface area contributed by atoms with Crippen LogP contribution in [0.25, 0.3) is 16.8 Å². The van der Waals surface area contributed by atoms with Gasteiger partial charge in [0.25, 0.3) is 0 Å². The number of carbonyl (C=O) groups excluding carboxylic acids is 1. The summed E-state index contributed by atoms with van der Waals surface area (Å²) in [4.78, 5) is 14.5. The van der Waals surface area contributed by atoms with E-state index in [9.17, 15) is 4.79 Å². The summed E-state index contributed by atoms with van der Waals surface area (Å²) >= 11 is 1.53. The highest BCUT2D eigenvalue weighted by Crippen LogP contribution is 2.42. The number of ketones is 1. The van der Waals surface area contributed by atoms with Gasteiger partial charge in [0.1, 0.15) is 5.75 Å². The van der Waals surface area contributed by atoms with E-state index in [0.29, 0.717) is 0 Å². The second-order valence-electron chi connectivity index (χ2n) is 6.30. The van der Waals surface area contributed by atoms with Crippen LogP contribution in [0, 0.1) is 0 Å². The summed E-state index contributed by atoms with van der Waals surface area (Å²) in [5, 5.41) is 2.23. The van der Waals surface area contributed by atoms with Crippen molar-refractivity contribution in [3.63, 3.8) is 0 Å². The van der Waals surface area contributed by atoms with Gasteiger partial charge in [-0.3, -0.25) is 4.79 Å². The number of Topliss-reactive ketones (excluding diaryl/α,β-unsaturated/α-hetero) is 1. The van der Waals surface area contributed by atoms with Crippen molar-refractivity contribution in [3.05, 3.63) is 76.7 Å². The van der Waals surface area contributed by atoms with Crippen molar-refractivity contribution >= 4 is 34.4 Å². The minimum atomic E-state index is 0.0717. The molecule has 25 heavy (non-hydrogen) atoms. The summed E-state index contributed by atoms with van der Waals surface area (Å²) in [6, 6.07) is 20.0. The third-order valence-corrected chi connectivity index (χ3v) is 5.24. The Hall–Kier alpha value is -2.52. The smallest absolute Gasteiger partial charge is 0.200 e. The molecule has 0 bridgehead atoms. The molecular weight excluding hydrogens is 328 g/mol. The van der Waals surface area contributed by atoms with E-state index in [1.807, 2.05) is 62.4 Å². The lowest BCUT2D eigenvalue weighted by Crippen LogP contribution is -2.07. The lowest BCUT2D eigenvalue weighted by Gasteiger charge is -2.15. The Balaban J connectivity index is 1.87. The molecule has 0 amide bonds. The Kier molecular flexibility index (Phi) is 4.10. The molecule has 3 aromatic rings. The van der Waals surface area contributed by atoms with Gasteiger partial charge in [-0.15, -0.1) is 0 Å². The maximum absolute atomic E-state index is 12.7. The number of carbonyl (C=O) groups is 1. The molecule has 0 N–H and O–H groups in total. The normalized spacial score (nSPS) is 15.2. The third-order valence-electron chi connectivity index (χ3n) is 4.14. The van der Waals surface area contributed by atoms with E-state index >= 15 is 0 Å². The van der Waals surface area contributed by atoms with Crippen LogP contribution in [0.15, 0.2) is 70.5 Å². The van der Waals surface area contributed by atoms with Crippen LogP contribution >= 0.6 is 11.8 Å². The van der Waals surface area contributed by atoms with E-state index in [0.717, 1.165) is 37.4 Å². The number of hydrogen-bond donors (Lipinski definition) is 0. The number of thioether (sulfide) groups is 1. The molecule has 0 unspecified atom stereocenters. The van der Waals surface area contributed by atoms with Gasteiger partial charge < -0.3 is 4.74 Å². The molecule has 0 atom stereocenters. The Morgan fingerprint density at radius 2 is 1.72 bits per heavy atom. The van der Waals surface area contributed by atoms with Crippen LogP contribution in [-0.4, -0.2) is 11.9 Å². The van der Waals surface area contributed by atoms with E-state index in [1.54, 1.807) is 0 Å². The second-order valence-corrected chi connectivity index (χ2v) is 7.38. The molecule has 0 radical (unpaired) electrons. The number of fused-ring (bicyclic) bond motifs is 2. The zero-order valence-corrected chi connectivity index (χ0v) is 15.0. The first-order valence-corrected chi connectivity index (χ1v) is 9.17. The first-order valence-electron chi connectivity index (χ1n) is 8.35. The van der Waals surface area contributed by atoms with Gasteiger partial charge in [0.05, 0.1) is 11.0 Å². The molecule has 2 nitrogen and oxygen atoms in total. The van der Waals surface area contributed by atoms with E-state index < -0.39 is 0 Å². The topological polar surface area (TPSA) is 26.3 Å². The summed E-state index contributed by atoms with van der Waals surface area (Å²) < 4.78 is 6.01. The van der Waals surface area contributed by atoms with Crippen molar-refractivity contribution in [1.82, 2.24) is 0 Å². The van der Waals surface area contributed by atoms with Crippen LogP contribution < -0.4 is 4.74 Å². The minimum Gasteiger partial charge on any atom is -0.490 e. The second kappa shape index (κ2) is 6.41. The summed E-state index contributed by atoms with van der Waals surface area (Å²) in [6.45, 7) is 4.02. The molecule has 3 heteroatoms. The van der Waals surface area contributed by atoms with E-state index in [4.69, 9.17) is 4.74 Å². The van der Waals surface area contributed by atoms with E-state index in [-0.39, 0.29) is 11.9 Å². The zero-order valence-electron chi connectivity index (χ0n) is 14.2. The van der Waals surface area contributed by atoms with Crippen LogP contribution in [0.5, 0.6) is 5.75 Å². The molecule has 0 aromatic heterocycles. The standard InChI is InChI=1S/C22H18O2S/c1-14(2)24-19-12-11-15-7-3-4-8-16(15)18(19)13-21-22(23)17-9-5-6-10-20(17)25-21/h3-14H,1-2H3/b21-13-. The van der Waals surface area contributed by atoms with Gasteiger partial charge in [0.15, 0.2) is 0 Å². The number of ether oxygens (including phenoxy) is 1. The van der Waals surface area contributed by atoms with Gasteiger partial charge in [-0.25, -0.2) is 0 Å². The summed E-state index contributed by atoms with van der Waals surface area (Å²) in [7, 11) is 0. The van der Waals surface area contributed by atoms with Gasteiger partial charge in [-0.2, -0.15) is 0 Å². The quantitative estimate of drug-likeness (QED) is 0.548. The SMILES string of the molecule is CC(C)Oc1ccc2ccccc2c1/C=C1\Sc2ccccc2C1=O. The molecule has 0 aliphatic carbocycles. The van der Waals surface area contributed by atoms with Crippen molar-refractivity contribution in [2.45, 2.75) is 24.8 Å². The number of allylic oxidation sites excluding steroid dienone is 1. The van der Waals surface area contributed by atoms with Crippen molar-refractivity contribution in [2.75, 3.05) is 0 Å². The Morgan fingerprint density at radius 3 is 2.52 bits per heavy atom. The highest BCUT2D eigenvalue weighted by molar-refractivity contribution is 8.04. The number of hydrogen-bond acceptors (Lipinski definition) is 3. The summed E-state index contributed by atoms with van der Waals surface area (Å²) in [6.07, 6.45) is 2.05. The molecule has 0 spiro atoms. The average Bonchev–Trinajstić information content (AvgIpc) is 2.93. The Morgan fingerprint density at radius 1 is 0.960 bits per heavy atom. The fourth-order valence-corrected chi connectivity index (χ4v) is 4.08. The number of rotatable bonds is 3. The predicted octanol–water partition coefficient (Wildman–Crippen LogP) is 5.96. The van der Waals surface area contributed by atoms with Crippen molar-refractivity contribution in [1.29, 1.82) is 0 Å². The van der Waals surface area contributed by atoms with E-state index in [1.165, 1.54) is 11.8 Å². The average molecular weight is 346 g/mol. The fourth-order valence-electron chi connectivity index (χ4n) is 3.05. The van der Waals surface area contributed by atoms with Gasteiger partial charge in [-0.1, -0.05) is 54.2 Å². The molecule has 4 rings (SSSR count). The van der Waals surface area contributed by atoms with Crippen LogP contribution in [0.3, 0.4) is 0 Å². The fraction of sp³-hybridized carbons (Fsp3) is 0.136. The Labute approximate surface area is 151 Å². The maximum atomic E-state index is 12.7. The molecule has 0 saturated carbocycles. The molecule has 0 saturated heterocycles. The number of benzene rings is 3. The molecule has 1 aliphatic heterocycles. The third kappa shape index (κ3) is 2.96. The van der Waals surface area contributed by atoms with Gasteiger partial charge in [-0.05, 0) is 48.9 Å². The minimum absolute atomic E-state index is 0.0717. The van der Waals surface area contributed by atoms with Gasteiger partial charge >= 0.3 is 0 Å². The van der Waals surface area contributed by atoms with Crippen molar-refractivity contribution in [2.24, 2.45) is 0 Å². The molecular formula is C22H18O2S. The van der Waals surface area contributed by atoms with Gasteiger partial charge in [0.2, 0.25) is 5.78 Å². The largest absolute Gasteiger partial charge is 0.490 e. The highest BCUT2D eigenvalue weighted by Gasteiger charge is 2.26. The highest BCUT2D eigenvalue weighted by atomic mass is 32.2. The molecule has 1 heterocycles. The van der Waals surface area contributed by atoms with Crippen LogP contribution in [0.1, 0.15) is 29.8 Å². The molecule has 124 valence electrons.